The van der Waals surface area contributed by atoms with E-state index < -0.39 is 38.7 Å². The highest BCUT2D eigenvalue weighted by Gasteiger charge is 2.56. The summed E-state index contributed by atoms with van der Waals surface area (Å²) < 4.78 is 77.7. The van der Waals surface area contributed by atoms with Gasteiger partial charge in [-0.15, -0.1) is 0 Å². The Morgan fingerprint density at radius 3 is 2.21 bits per heavy atom. The number of benzene rings is 1. The van der Waals surface area contributed by atoms with Crippen molar-refractivity contribution < 1.29 is 40.7 Å². The van der Waals surface area contributed by atoms with E-state index in [0.29, 0.717) is 50.8 Å². The van der Waals surface area contributed by atoms with E-state index in [1.807, 2.05) is 0 Å². The zero-order valence-corrected chi connectivity index (χ0v) is 22.6. The summed E-state index contributed by atoms with van der Waals surface area (Å²) in [7, 11) is -4.05. The number of hydrogen-bond donors (Lipinski definition) is 1. The number of ether oxygens (including phenoxy) is 2. The molecule has 3 heterocycles. The number of halogens is 3. The summed E-state index contributed by atoms with van der Waals surface area (Å²) in [6.45, 7) is 1.88. The van der Waals surface area contributed by atoms with E-state index in [2.05, 4.69) is 10.4 Å². The van der Waals surface area contributed by atoms with Crippen molar-refractivity contribution in [2.24, 2.45) is 0 Å². The Kier molecular flexibility index (Phi) is 8.44. The maximum atomic E-state index is 14.1. The summed E-state index contributed by atoms with van der Waals surface area (Å²) in [5.41, 5.74) is 1.67. The molecule has 218 valence electrons. The number of carbonyl (C=O) groups excluding carboxylic acids is 1. The lowest BCUT2D eigenvalue weighted by Gasteiger charge is -2.43. The fourth-order valence-corrected chi connectivity index (χ4v) is 7.82. The van der Waals surface area contributed by atoms with E-state index in [1.165, 1.54) is 16.4 Å². The van der Waals surface area contributed by atoms with E-state index >= 15 is 0 Å². The van der Waals surface area contributed by atoms with Gasteiger partial charge in [-0.1, -0.05) is 0 Å². The number of alkyl halides is 3. The van der Waals surface area contributed by atoms with Gasteiger partial charge in [-0.3, -0.25) is 4.79 Å². The largest absolute Gasteiger partial charge is 0.490 e. The summed E-state index contributed by atoms with van der Waals surface area (Å²) in [4.78, 5) is 21.3. The summed E-state index contributed by atoms with van der Waals surface area (Å²) in [6.07, 6.45) is 0.354. The molecule has 1 aliphatic carbocycles. The summed E-state index contributed by atoms with van der Waals surface area (Å²) in [6, 6.07) is 4.94. The van der Waals surface area contributed by atoms with Crippen molar-refractivity contribution in [1.29, 1.82) is 0 Å². The minimum absolute atomic E-state index is 0.154. The van der Waals surface area contributed by atoms with Crippen molar-refractivity contribution >= 4 is 15.9 Å². The molecule has 3 saturated heterocycles. The number of sulfonamides is 1. The first-order valence-corrected chi connectivity index (χ1v) is 15.2. The van der Waals surface area contributed by atoms with Crippen LogP contribution in [0.2, 0.25) is 0 Å². The third-order valence-corrected chi connectivity index (χ3v) is 10.8. The Balaban J connectivity index is 1.23. The van der Waals surface area contributed by atoms with Gasteiger partial charge >= 0.3 is 6.18 Å². The average Bonchev–Trinajstić information content (AvgIpc) is 3.78. The molecule has 3 aliphatic heterocycles. The van der Waals surface area contributed by atoms with Crippen molar-refractivity contribution in [2.75, 3.05) is 32.8 Å². The van der Waals surface area contributed by atoms with Crippen molar-refractivity contribution in [3.05, 3.63) is 29.8 Å². The van der Waals surface area contributed by atoms with Crippen LogP contribution in [0.4, 0.5) is 13.2 Å². The fraction of sp³-hybridized carbons (Fsp3) is 0.731. The van der Waals surface area contributed by atoms with E-state index in [-0.39, 0.29) is 32.0 Å². The van der Waals surface area contributed by atoms with Gasteiger partial charge in [0.15, 0.2) is 11.0 Å². The fourth-order valence-electron chi connectivity index (χ4n) is 5.66. The highest BCUT2D eigenvalue weighted by atomic mass is 32.2. The number of nitrogens with zero attached hydrogens (tertiary/aromatic N) is 2. The molecule has 1 atom stereocenters. The minimum Gasteiger partial charge on any atom is -0.490 e. The van der Waals surface area contributed by atoms with Crippen molar-refractivity contribution in [2.45, 2.75) is 87.1 Å². The van der Waals surface area contributed by atoms with Crippen LogP contribution in [0.15, 0.2) is 24.3 Å². The second-order valence-electron chi connectivity index (χ2n) is 10.9. The highest BCUT2D eigenvalue weighted by Crippen LogP contribution is 2.39. The zero-order valence-electron chi connectivity index (χ0n) is 21.8. The van der Waals surface area contributed by atoms with E-state index in [4.69, 9.17) is 14.3 Å². The lowest BCUT2D eigenvalue weighted by atomic mass is 9.94. The van der Waals surface area contributed by atoms with E-state index in [0.717, 1.165) is 37.8 Å². The third kappa shape index (κ3) is 6.37. The second kappa shape index (κ2) is 11.5. The van der Waals surface area contributed by atoms with Crippen LogP contribution in [0.5, 0.6) is 5.75 Å². The molecule has 1 amide bonds. The van der Waals surface area contributed by atoms with Gasteiger partial charge in [0.25, 0.3) is 5.91 Å². The smallest absolute Gasteiger partial charge is 0.416 e. The van der Waals surface area contributed by atoms with Gasteiger partial charge in [-0.05, 0) is 75.6 Å². The van der Waals surface area contributed by atoms with Gasteiger partial charge in [0.2, 0.25) is 10.0 Å². The Hall–Kier alpha value is -1.93. The van der Waals surface area contributed by atoms with Crippen LogP contribution in [0.25, 0.3) is 0 Å². The first-order valence-electron chi connectivity index (χ1n) is 13.7. The zero-order chi connectivity index (χ0) is 27.7. The number of rotatable bonds is 8. The molecular weight excluding hydrogens is 539 g/mol. The predicted octanol–water partition coefficient (Wildman–Crippen LogP) is 3.45. The van der Waals surface area contributed by atoms with Gasteiger partial charge in [0, 0.05) is 45.2 Å². The molecule has 4 aliphatic rings. The van der Waals surface area contributed by atoms with Gasteiger partial charge in [-0.2, -0.15) is 13.2 Å². The Morgan fingerprint density at radius 1 is 0.974 bits per heavy atom. The monoisotopic (exact) mass is 575 g/mol. The molecule has 39 heavy (non-hydrogen) atoms. The number of hydrogen-bond acceptors (Lipinski definition) is 7. The third-order valence-electron chi connectivity index (χ3n) is 8.22. The first-order chi connectivity index (χ1) is 18.6. The lowest BCUT2D eigenvalue weighted by molar-refractivity contribution is -0.202. The van der Waals surface area contributed by atoms with Crippen molar-refractivity contribution in [1.82, 2.24) is 14.7 Å². The molecule has 0 aromatic heterocycles. The predicted molar refractivity (Wildman–Crippen MR) is 135 cm³/mol. The minimum atomic E-state index is -4.43. The van der Waals surface area contributed by atoms with E-state index in [1.54, 1.807) is 0 Å². The summed E-state index contributed by atoms with van der Waals surface area (Å²) >= 11 is 0. The van der Waals surface area contributed by atoms with Crippen LogP contribution in [0.3, 0.4) is 0 Å². The number of piperidine rings is 2. The van der Waals surface area contributed by atoms with Crippen molar-refractivity contribution in [3.63, 3.8) is 0 Å². The number of likely N-dealkylation sites (tertiary alicyclic amines) is 1. The maximum absolute atomic E-state index is 14.1. The molecule has 1 N–H and O–H groups in total. The van der Waals surface area contributed by atoms with Crippen LogP contribution in [0.1, 0.15) is 63.4 Å². The van der Waals surface area contributed by atoms with Crippen LogP contribution >= 0.6 is 0 Å². The summed E-state index contributed by atoms with van der Waals surface area (Å²) in [5.74, 6) is -0.357. The quantitative estimate of drug-likeness (QED) is 0.475. The van der Waals surface area contributed by atoms with Crippen LogP contribution in [-0.4, -0.2) is 79.5 Å². The Bertz CT molecular complexity index is 1090. The van der Waals surface area contributed by atoms with E-state index in [9.17, 15) is 26.4 Å². The number of amides is 1. The Morgan fingerprint density at radius 2 is 1.64 bits per heavy atom. The SMILES string of the molecule is O=C(NOC1CCCCO1)C1(S(=O)(=O)N2CCC(Oc3ccc(C(F)(F)F)cc3)CC2)CCN(C2CC2)CC1. The standard InChI is InChI=1S/C26H36F3N3O6S/c27-26(28,29)19-4-8-21(9-5-19)37-22-10-14-32(15-11-22)39(34,35)25(12-16-31(17-13-25)20-6-7-20)24(33)30-38-23-3-1-2-18-36-23/h4-5,8-9,20,22-23H,1-3,6-7,10-18H2,(H,30,33). The van der Waals surface area contributed by atoms with Gasteiger partial charge in [0.1, 0.15) is 11.9 Å². The normalized spacial score (nSPS) is 25.8. The highest BCUT2D eigenvalue weighted by molar-refractivity contribution is 7.91. The molecule has 1 aromatic carbocycles. The first kappa shape index (κ1) is 28.6. The van der Waals surface area contributed by atoms with Crippen LogP contribution in [0, 0.1) is 0 Å². The molecule has 13 heteroatoms. The molecule has 0 radical (unpaired) electrons. The molecule has 0 bridgehead atoms. The van der Waals surface area contributed by atoms with Crippen LogP contribution in [-0.2, 0) is 30.6 Å². The molecule has 1 unspecified atom stereocenters. The second-order valence-corrected chi connectivity index (χ2v) is 13.1. The molecular formula is C26H36F3N3O6S. The molecule has 0 spiro atoms. The Labute approximate surface area is 226 Å². The van der Waals surface area contributed by atoms with Gasteiger partial charge < -0.3 is 14.4 Å². The molecule has 9 nitrogen and oxygen atoms in total. The molecule has 1 saturated carbocycles. The number of hydroxylamine groups is 1. The topological polar surface area (TPSA) is 97.4 Å². The molecule has 4 fully saturated rings. The summed E-state index contributed by atoms with van der Waals surface area (Å²) in [5, 5.41) is 0. The van der Waals surface area contributed by atoms with Crippen molar-refractivity contribution in [3.8, 4) is 5.75 Å². The maximum Gasteiger partial charge on any atom is 0.416 e. The van der Waals surface area contributed by atoms with Gasteiger partial charge in [-0.25, -0.2) is 23.0 Å². The molecule has 1 aromatic rings. The van der Waals surface area contributed by atoms with Crippen LogP contribution < -0.4 is 10.2 Å². The lowest BCUT2D eigenvalue weighted by Crippen LogP contribution is -2.63. The molecule has 5 rings (SSSR count). The number of nitrogens with one attached hydrogen (secondary N) is 1. The van der Waals surface area contributed by atoms with Gasteiger partial charge in [0.05, 0.1) is 5.56 Å². The number of carbonyl (C=O) groups is 1. The average molecular weight is 576 g/mol.